The SMILES string of the molecule is COc1ccccc1CN1C(=O)C(=O)/C(=C(\O)c2ccncc2)C1c1ccc(OC)c(OC)c1. The lowest BCUT2D eigenvalue weighted by molar-refractivity contribution is -0.140. The van der Waals surface area contributed by atoms with Crippen LogP contribution < -0.4 is 14.2 Å². The minimum atomic E-state index is -0.863. The fourth-order valence-corrected chi connectivity index (χ4v) is 4.09. The summed E-state index contributed by atoms with van der Waals surface area (Å²) in [6.45, 7) is 0.0979. The Morgan fingerprint density at radius 3 is 2.26 bits per heavy atom. The summed E-state index contributed by atoms with van der Waals surface area (Å²) in [7, 11) is 4.57. The van der Waals surface area contributed by atoms with Crippen LogP contribution in [-0.2, 0) is 16.1 Å². The second-order valence-electron chi connectivity index (χ2n) is 7.59. The first-order valence-electron chi connectivity index (χ1n) is 10.5. The van der Waals surface area contributed by atoms with E-state index in [4.69, 9.17) is 14.2 Å². The first-order chi connectivity index (χ1) is 16.5. The van der Waals surface area contributed by atoms with Crippen LogP contribution in [0, 0.1) is 0 Å². The standard InChI is InChI=1S/C26H24N2O6/c1-32-19-7-5-4-6-18(19)15-28-23(17-8-9-20(33-2)21(14-17)34-3)22(25(30)26(28)31)24(29)16-10-12-27-13-11-16/h4-14,23,29H,15H2,1-3H3/b24-22-. The van der Waals surface area contributed by atoms with Gasteiger partial charge in [-0.25, -0.2) is 0 Å². The number of rotatable bonds is 7. The monoisotopic (exact) mass is 460 g/mol. The number of hydrogen-bond acceptors (Lipinski definition) is 7. The number of ether oxygens (including phenoxy) is 3. The van der Waals surface area contributed by atoms with Crippen molar-refractivity contribution in [3.63, 3.8) is 0 Å². The number of aliphatic hydroxyl groups excluding tert-OH is 1. The lowest BCUT2D eigenvalue weighted by Gasteiger charge is -2.26. The van der Waals surface area contributed by atoms with Gasteiger partial charge in [0.1, 0.15) is 11.5 Å². The number of Topliss-reactive ketones (excluding diaryl/α,β-unsaturated/α-hetero) is 1. The van der Waals surface area contributed by atoms with E-state index in [1.807, 2.05) is 18.2 Å². The Kier molecular flexibility index (Phi) is 6.49. The molecule has 3 aromatic rings. The Balaban J connectivity index is 1.90. The third-order valence-electron chi connectivity index (χ3n) is 5.75. The zero-order valence-corrected chi connectivity index (χ0v) is 19.0. The molecule has 1 fully saturated rings. The first kappa shape index (κ1) is 22.8. The number of methoxy groups -OCH3 is 3. The maximum Gasteiger partial charge on any atom is 0.295 e. The minimum Gasteiger partial charge on any atom is -0.507 e. The zero-order valence-electron chi connectivity index (χ0n) is 19.0. The van der Waals surface area contributed by atoms with Gasteiger partial charge in [-0.05, 0) is 35.9 Å². The molecule has 1 aliphatic heterocycles. The van der Waals surface area contributed by atoms with Gasteiger partial charge < -0.3 is 24.2 Å². The number of carbonyl (C=O) groups is 2. The number of hydrogen-bond donors (Lipinski definition) is 1. The molecule has 2 heterocycles. The van der Waals surface area contributed by atoms with Gasteiger partial charge >= 0.3 is 0 Å². The summed E-state index contributed by atoms with van der Waals surface area (Å²) in [5.74, 6) is -0.244. The van der Waals surface area contributed by atoms with Crippen LogP contribution in [0.5, 0.6) is 17.2 Å². The molecule has 0 spiro atoms. The first-order valence-corrected chi connectivity index (χ1v) is 10.5. The van der Waals surface area contributed by atoms with Gasteiger partial charge in [0.15, 0.2) is 11.5 Å². The Bertz CT molecular complexity index is 1260. The van der Waals surface area contributed by atoms with E-state index < -0.39 is 17.7 Å². The van der Waals surface area contributed by atoms with Crippen molar-refractivity contribution >= 4 is 17.4 Å². The second-order valence-corrected chi connectivity index (χ2v) is 7.59. The number of likely N-dealkylation sites (tertiary alicyclic amines) is 1. The number of carbonyl (C=O) groups excluding carboxylic acids is 2. The number of aromatic nitrogens is 1. The van der Waals surface area contributed by atoms with Crippen molar-refractivity contribution in [1.29, 1.82) is 0 Å². The number of aliphatic hydroxyl groups is 1. The van der Waals surface area contributed by atoms with Gasteiger partial charge in [-0.15, -0.1) is 0 Å². The van der Waals surface area contributed by atoms with Gasteiger partial charge in [0, 0.05) is 23.5 Å². The van der Waals surface area contributed by atoms with E-state index in [1.165, 1.54) is 31.5 Å². The molecule has 34 heavy (non-hydrogen) atoms. The molecule has 2 aromatic carbocycles. The summed E-state index contributed by atoms with van der Waals surface area (Å²) in [6, 6.07) is 14.7. The van der Waals surface area contributed by atoms with Crippen LogP contribution in [0.15, 0.2) is 72.6 Å². The van der Waals surface area contributed by atoms with E-state index in [2.05, 4.69) is 4.98 Å². The predicted octanol–water partition coefficient (Wildman–Crippen LogP) is 3.73. The Morgan fingerprint density at radius 2 is 1.59 bits per heavy atom. The lowest BCUT2D eigenvalue weighted by atomic mass is 9.95. The van der Waals surface area contributed by atoms with Crippen molar-refractivity contribution < 1.29 is 28.9 Å². The van der Waals surface area contributed by atoms with E-state index >= 15 is 0 Å². The summed E-state index contributed by atoms with van der Waals surface area (Å²) in [4.78, 5) is 31.8. The van der Waals surface area contributed by atoms with Gasteiger partial charge in [0.05, 0.1) is 39.5 Å². The van der Waals surface area contributed by atoms with Crippen LogP contribution in [0.4, 0.5) is 0 Å². The van der Waals surface area contributed by atoms with E-state index in [-0.39, 0.29) is 17.9 Å². The third kappa shape index (κ3) is 4.05. The number of para-hydroxylation sites is 1. The molecular formula is C26H24N2O6. The van der Waals surface area contributed by atoms with E-state index in [0.717, 1.165) is 5.56 Å². The van der Waals surface area contributed by atoms with Crippen molar-refractivity contribution in [2.75, 3.05) is 21.3 Å². The second kappa shape index (κ2) is 9.66. The van der Waals surface area contributed by atoms with Crippen LogP contribution >= 0.6 is 0 Å². The van der Waals surface area contributed by atoms with E-state index in [9.17, 15) is 14.7 Å². The number of ketones is 1. The number of benzene rings is 2. The zero-order chi connectivity index (χ0) is 24.2. The highest BCUT2D eigenvalue weighted by atomic mass is 16.5. The molecule has 0 bridgehead atoms. The summed E-state index contributed by atoms with van der Waals surface area (Å²) >= 11 is 0. The molecule has 1 N–H and O–H groups in total. The molecule has 174 valence electrons. The number of amides is 1. The van der Waals surface area contributed by atoms with Crippen molar-refractivity contribution in [3.05, 3.63) is 89.3 Å². The van der Waals surface area contributed by atoms with E-state index in [0.29, 0.717) is 28.4 Å². The summed E-state index contributed by atoms with van der Waals surface area (Å²) in [5, 5.41) is 11.1. The average Bonchev–Trinajstić information content (AvgIpc) is 3.13. The molecule has 4 rings (SSSR count). The van der Waals surface area contributed by atoms with Gasteiger partial charge in [-0.1, -0.05) is 24.3 Å². The van der Waals surface area contributed by atoms with Gasteiger partial charge in [0.2, 0.25) is 0 Å². The smallest absolute Gasteiger partial charge is 0.295 e. The van der Waals surface area contributed by atoms with Crippen molar-refractivity contribution in [2.24, 2.45) is 0 Å². The van der Waals surface area contributed by atoms with Crippen molar-refractivity contribution in [3.8, 4) is 17.2 Å². The molecule has 0 aliphatic carbocycles. The highest BCUT2D eigenvalue weighted by Crippen LogP contribution is 2.43. The molecule has 1 aliphatic rings. The average molecular weight is 460 g/mol. The van der Waals surface area contributed by atoms with Crippen molar-refractivity contribution in [2.45, 2.75) is 12.6 Å². The molecule has 8 heteroatoms. The predicted molar refractivity (Wildman–Crippen MR) is 125 cm³/mol. The maximum atomic E-state index is 13.2. The van der Waals surface area contributed by atoms with Crippen LogP contribution in [0.25, 0.3) is 5.76 Å². The maximum absolute atomic E-state index is 13.2. The van der Waals surface area contributed by atoms with Crippen molar-refractivity contribution in [1.82, 2.24) is 9.88 Å². The van der Waals surface area contributed by atoms with Crippen LogP contribution in [-0.4, -0.2) is 48.0 Å². The summed E-state index contributed by atoms with van der Waals surface area (Å²) in [6.07, 6.45) is 3.01. The van der Waals surface area contributed by atoms with Crippen LogP contribution in [0.3, 0.4) is 0 Å². The molecule has 1 aromatic heterocycles. The Morgan fingerprint density at radius 1 is 0.912 bits per heavy atom. The number of pyridine rings is 1. The molecule has 1 unspecified atom stereocenters. The molecule has 1 saturated heterocycles. The van der Waals surface area contributed by atoms with Gasteiger partial charge in [0.25, 0.3) is 11.7 Å². The van der Waals surface area contributed by atoms with Crippen LogP contribution in [0.1, 0.15) is 22.7 Å². The van der Waals surface area contributed by atoms with Gasteiger partial charge in [-0.2, -0.15) is 0 Å². The van der Waals surface area contributed by atoms with E-state index in [1.54, 1.807) is 43.5 Å². The fourth-order valence-electron chi connectivity index (χ4n) is 4.09. The normalized spacial score (nSPS) is 17.0. The highest BCUT2D eigenvalue weighted by molar-refractivity contribution is 6.46. The third-order valence-corrected chi connectivity index (χ3v) is 5.75. The topological polar surface area (TPSA) is 98.2 Å². The highest BCUT2D eigenvalue weighted by Gasteiger charge is 2.46. The number of nitrogens with zero attached hydrogens (tertiary/aromatic N) is 2. The lowest BCUT2D eigenvalue weighted by Crippen LogP contribution is -2.29. The summed E-state index contributed by atoms with van der Waals surface area (Å²) in [5.41, 5.74) is 1.68. The quantitative estimate of drug-likeness (QED) is 0.326. The molecule has 0 radical (unpaired) electrons. The minimum absolute atomic E-state index is 0.0154. The Labute approximate surface area is 197 Å². The largest absolute Gasteiger partial charge is 0.507 e. The molecule has 0 saturated carbocycles. The van der Waals surface area contributed by atoms with Gasteiger partial charge in [-0.3, -0.25) is 14.6 Å². The molecule has 1 amide bonds. The Hall–Kier alpha value is -4.33. The fraction of sp³-hybridized carbons (Fsp3) is 0.192. The molecular weight excluding hydrogens is 436 g/mol. The molecule has 1 atom stereocenters. The molecule has 8 nitrogen and oxygen atoms in total. The van der Waals surface area contributed by atoms with Crippen LogP contribution in [0.2, 0.25) is 0 Å². The summed E-state index contributed by atoms with van der Waals surface area (Å²) < 4.78 is 16.2.